The molecule has 2 heterocycles. The van der Waals surface area contributed by atoms with E-state index in [4.69, 9.17) is 5.11 Å². The average molecular weight is 266 g/mol. The van der Waals surface area contributed by atoms with Crippen LogP contribution in [0.15, 0.2) is 12.1 Å². The third kappa shape index (κ3) is 2.69. The van der Waals surface area contributed by atoms with Crippen LogP contribution in [0.5, 0.6) is 0 Å². The molecule has 1 saturated heterocycles. The van der Waals surface area contributed by atoms with E-state index in [2.05, 4.69) is 4.98 Å². The van der Waals surface area contributed by atoms with Gasteiger partial charge in [-0.15, -0.1) is 0 Å². The van der Waals surface area contributed by atoms with Crippen molar-refractivity contribution in [1.82, 2.24) is 9.88 Å². The number of piperidine rings is 1. The molecule has 1 fully saturated rings. The van der Waals surface area contributed by atoms with E-state index in [0.717, 1.165) is 5.69 Å². The molecule has 1 amide bonds. The van der Waals surface area contributed by atoms with E-state index in [1.165, 1.54) is 4.90 Å². The van der Waals surface area contributed by atoms with Crippen LogP contribution >= 0.6 is 0 Å². The Balaban J connectivity index is 2.26. The molecule has 6 heteroatoms. The molecule has 0 saturated carbocycles. The molecule has 1 aromatic rings. The molecule has 0 spiro atoms. The molecule has 19 heavy (non-hydrogen) atoms. The summed E-state index contributed by atoms with van der Waals surface area (Å²) in [5.41, 5.74) is 0.675. The highest BCUT2D eigenvalue weighted by Crippen LogP contribution is 2.33. The number of pyridine rings is 1. The van der Waals surface area contributed by atoms with E-state index >= 15 is 0 Å². The minimum Gasteiger partial charge on any atom is -0.465 e. The van der Waals surface area contributed by atoms with Crippen molar-refractivity contribution in [2.24, 2.45) is 0 Å². The topological polar surface area (TPSA) is 93.9 Å². The number of nitrogens with zero attached hydrogens (tertiary/aromatic N) is 2. The summed E-state index contributed by atoms with van der Waals surface area (Å²) in [6.45, 7) is 2.17. The molecule has 1 aliphatic heterocycles. The summed E-state index contributed by atoms with van der Waals surface area (Å²) in [4.78, 5) is 16.5. The van der Waals surface area contributed by atoms with Crippen molar-refractivity contribution < 1.29 is 20.1 Å². The van der Waals surface area contributed by atoms with Crippen LogP contribution in [-0.2, 0) is 12.2 Å². The van der Waals surface area contributed by atoms with Gasteiger partial charge in [0.05, 0.1) is 12.3 Å². The zero-order chi connectivity index (χ0) is 14.0. The first-order chi connectivity index (χ1) is 8.96. The second-order valence-corrected chi connectivity index (χ2v) is 4.92. The van der Waals surface area contributed by atoms with Crippen LogP contribution in [0.3, 0.4) is 0 Å². The van der Waals surface area contributed by atoms with Crippen LogP contribution in [0.2, 0.25) is 0 Å². The fraction of sp³-hybridized carbons (Fsp3) is 0.538. The molecule has 0 aromatic carbocycles. The first-order valence-electron chi connectivity index (χ1n) is 6.24. The van der Waals surface area contributed by atoms with E-state index in [0.29, 0.717) is 24.1 Å². The molecule has 0 bridgehead atoms. The van der Waals surface area contributed by atoms with Crippen molar-refractivity contribution >= 4 is 6.09 Å². The molecule has 1 aromatic heterocycles. The normalized spacial score (nSPS) is 18.4. The van der Waals surface area contributed by atoms with Crippen molar-refractivity contribution in [1.29, 1.82) is 0 Å². The molecule has 0 atom stereocenters. The van der Waals surface area contributed by atoms with Gasteiger partial charge in [0.25, 0.3) is 0 Å². The summed E-state index contributed by atoms with van der Waals surface area (Å²) < 4.78 is 0. The van der Waals surface area contributed by atoms with Crippen LogP contribution in [0.1, 0.15) is 29.8 Å². The maximum atomic E-state index is 10.9. The number of rotatable bonds is 2. The van der Waals surface area contributed by atoms with Crippen molar-refractivity contribution in [2.75, 3.05) is 13.1 Å². The quantitative estimate of drug-likeness (QED) is 0.737. The third-order valence-electron chi connectivity index (χ3n) is 3.59. The minimum atomic E-state index is -1.16. The predicted octanol–water partition coefficient (Wildman–Crippen LogP) is 0.844. The lowest BCUT2D eigenvalue weighted by atomic mass is 9.85. The van der Waals surface area contributed by atoms with Gasteiger partial charge in [-0.25, -0.2) is 4.79 Å². The van der Waals surface area contributed by atoms with E-state index < -0.39 is 11.7 Å². The molecular weight excluding hydrogens is 248 g/mol. The number of aliphatic hydroxyl groups excluding tert-OH is 1. The predicted molar refractivity (Wildman–Crippen MR) is 67.6 cm³/mol. The summed E-state index contributed by atoms with van der Waals surface area (Å²) in [6.07, 6.45) is -0.382. The van der Waals surface area contributed by atoms with Gasteiger partial charge in [0.15, 0.2) is 0 Å². The first-order valence-corrected chi connectivity index (χ1v) is 6.24. The van der Waals surface area contributed by atoms with Crippen LogP contribution in [0.4, 0.5) is 4.79 Å². The lowest BCUT2D eigenvalue weighted by molar-refractivity contribution is -0.0262. The summed E-state index contributed by atoms with van der Waals surface area (Å²) in [5, 5.41) is 28.9. The van der Waals surface area contributed by atoms with Gasteiger partial charge in [0.2, 0.25) is 0 Å². The number of aryl methyl sites for hydroxylation is 1. The van der Waals surface area contributed by atoms with Gasteiger partial charge in [-0.3, -0.25) is 4.98 Å². The number of amides is 1. The van der Waals surface area contributed by atoms with Crippen molar-refractivity contribution in [3.05, 3.63) is 29.1 Å². The van der Waals surface area contributed by atoms with Crippen LogP contribution in [-0.4, -0.2) is 44.4 Å². The zero-order valence-electron chi connectivity index (χ0n) is 10.8. The molecule has 0 radical (unpaired) electrons. The SMILES string of the molecule is Cc1ccc(CO)c(C2(O)CCN(C(=O)O)CC2)n1. The van der Waals surface area contributed by atoms with Crippen LogP contribution in [0, 0.1) is 6.92 Å². The Morgan fingerprint density at radius 2 is 2.05 bits per heavy atom. The number of carbonyl (C=O) groups is 1. The zero-order valence-corrected chi connectivity index (χ0v) is 10.8. The highest BCUT2D eigenvalue weighted by atomic mass is 16.4. The van der Waals surface area contributed by atoms with E-state index in [-0.39, 0.29) is 19.7 Å². The number of hydrogen-bond donors (Lipinski definition) is 3. The Hall–Kier alpha value is -1.66. The standard InChI is InChI=1S/C13H18N2O4/c1-9-2-3-10(8-16)11(14-9)13(19)4-6-15(7-5-13)12(17)18/h2-3,16,19H,4-8H2,1H3,(H,17,18). The molecule has 6 nitrogen and oxygen atoms in total. The Morgan fingerprint density at radius 1 is 1.42 bits per heavy atom. The number of likely N-dealkylation sites (tertiary alicyclic amines) is 1. The number of carboxylic acid groups (broad SMARTS) is 1. The van der Waals surface area contributed by atoms with Gasteiger partial charge in [-0.2, -0.15) is 0 Å². The summed E-state index contributed by atoms with van der Waals surface area (Å²) >= 11 is 0. The molecule has 2 rings (SSSR count). The van der Waals surface area contributed by atoms with Gasteiger partial charge in [0, 0.05) is 24.3 Å². The lowest BCUT2D eigenvalue weighted by Gasteiger charge is -2.37. The molecule has 3 N–H and O–H groups in total. The Kier molecular flexibility index (Phi) is 3.73. The van der Waals surface area contributed by atoms with E-state index in [1.54, 1.807) is 12.1 Å². The second-order valence-electron chi connectivity index (χ2n) is 4.92. The van der Waals surface area contributed by atoms with Gasteiger partial charge in [-0.1, -0.05) is 6.07 Å². The van der Waals surface area contributed by atoms with E-state index in [1.807, 2.05) is 6.92 Å². The smallest absolute Gasteiger partial charge is 0.407 e. The maximum absolute atomic E-state index is 10.9. The Bertz CT molecular complexity index is 482. The lowest BCUT2D eigenvalue weighted by Crippen LogP contribution is -2.45. The largest absolute Gasteiger partial charge is 0.465 e. The number of aliphatic hydroxyl groups is 2. The van der Waals surface area contributed by atoms with Gasteiger partial charge < -0.3 is 20.2 Å². The molecule has 104 valence electrons. The second kappa shape index (κ2) is 5.14. The van der Waals surface area contributed by atoms with Gasteiger partial charge in [0.1, 0.15) is 5.60 Å². The highest BCUT2D eigenvalue weighted by molar-refractivity contribution is 5.65. The van der Waals surface area contributed by atoms with Crippen molar-refractivity contribution in [3.63, 3.8) is 0 Å². The molecule has 1 aliphatic rings. The molecule has 0 unspecified atom stereocenters. The van der Waals surface area contributed by atoms with Crippen LogP contribution in [0.25, 0.3) is 0 Å². The van der Waals surface area contributed by atoms with Crippen LogP contribution < -0.4 is 0 Å². The minimum absolute atomic E-state index is 0.187. The molecule has 0 aliphatic carbocycles. The fourth-order valence-corrected chi connectivity index (χ4v) is 2.42. The van der Waals surface area contributed by atoms with Gasteiger partial charge in [-0.05, 0) is 25.8 Å². The fourth-order valence-electron chi connectivity index (χ4n) is 2.42. The van der Waals surface area contributed by atoms with Crippen molar-refractivity contribution in [2.45, 2.75) is 32.0 Å². The molecular formula is C13H18N2O4. The summed E-state index contributed by atoms with van der Waals surface area (Å²) in [5.74, 6) is 0. The summed E-state index contributed by atoms with van der Waals surface area (Å²) in [6, 6.07) is 3.53. The Labute approximate surface area is 111 Å². The maximum Gasteiger partial charge on any atom is 0.407 e. The highest BCUT2D eigenvalue weighted by Gasteiger charge is 2.38. The van der Waals surface area contributed by atoms with Gasteiger partial charge >= 0.3 is 6.09 Å². The monoisotopic (exact) mass is 266 g/mol. The van der Waals surface area contributed by atoms with Crippen molar-refractivity contribution in [3.8, 4) is 0 Å². The average Bonchev–Trinajstić information content (AvgIpc) is 2.39. The van der Waals surface area contributed by atoms with E-state index in [9.17, 15) is 15.0 Å². The number of hydrogen-bond acceptors (Lipinski definition) is 4. The Morgan fingerprint density at radius 3 is 2.58 bits per heavy atom. The first kappa shape index (κ1) is 13.8. The number of aromatic nitrogens is 1. The third-order valence-corrected chi connectivity index (χ3v) is 3.59. The summed E-state index contributed by atoms with van der Waals surface area (Å²) in [7, 11) is 0.